The Morgan fingerprint density at radius 3 is 2.42 bits per heavy atom. The average molecular weight is 266 g/mol. The van der Waals surface area contributed by atoms with Crippen molar-refractivity contribution in [3.05, 3.63) is 47.0 Å². The van der Waals surface area contributed by atoms with Crippen LogP contribution in [0, 0.1) is 11.6 Å². The van der Waals surface area contributed by atoms with E-state index < -0.39 is 17.5 Å². The van der Waals surface area contributed by atoms with Gasteiger partial charge in [-0.2, -0.15) is 0 Å². The number of rotatable bonds is 4. The van der Waals surface area contributed by atoms with Gasteiger partial charge in [-0.15, -0.1) is 10.2 Å². The van der Waals surface area contributed by atoms with E-state index in [1.807, 2.05) is 0 Å². The largest absolute Gasteiger partial charge is 0.369 e. The number of benzene rings is 1. The lowest BCUT2D eigenvalue weighted by molar-refractivity contribution is -0.117. The molecule has 19 heavy (non-hydrogen) atoms. The molecule has 0 atom stereocenters. The third-order valence-electron chi connectivity index (χ3n) is 2.78. The zero-order valence-electron chi connectivity index (χ0n) is 10.2. The second-order valence-electron chi connectivity index (χ2n) is 4.11. The van der Waals surface area contributed by atoms with Crippen LogP contribution in [-0.4, -0.2) is 20.7 Å². The molecule has 0 unspecified atom stereocenters. The van der Waals surface area contributed by atoms with Crippen LogP contribution < -0.4 is 5.73 Å². The lowest BCUT2D eigenvalue weighted by atomic mass is 10.1. The van der Waals surface area contributed by atoms with Gasteiger partial charge in [0, 0.05) is 19.0 Å². The quantitative estimate of drug-likeness (QED) is 0.885. The SMILES string of the molecule is Cn1c(CC(N)=O)nnc1Cc1c(F)cccc1F. The van der Waals surface area contributed by atoms with Crippen molar-refractivity contribution >= 4 is 5.91 Å². The minimum Gasteiger partial charge on any atom is -0.369 e. The highest BCUT2D eigenvalue weighted by molar-refractivity contribution is 5.75. The Bertz CT molecular complexity index is 604. The molecule has 0 bridgehead atoms. The van der Waals surface area contributed by atoms with E-state index >= 15 is 0 Å². The Morgan fingerprint density at radius 2 is 1.84 bits per heavy atom. The van der Waals surface area contributed by atoms with Gasteiger partial charge < -0.3 is 10.3 Å². The van der Waals surface area contributed by atoms with E-state index in [0.717, 1.165) is 0 Å². The van der Waals surface area contributed by atoms with Gasteiger partial charge in [0.1, 0.15) is 23.3 Å². The van der Waals surface area contributed by atoms with Crippen molar-refractivity contribution in [3.8, 4) is 0 Å². The minimum absolute atomic E-state index is 0.0409. The highest BCUT2D eigenvalue weighted by Crippen LogP contribution is 2.16. The fraction of sp³-hybridized carbons (Fsp3) is 0.250. The topological polar surface area (TPSA) is 73.8 Å². The number of carbonyl (C=O) groups excluding carboxylic acids is 1. The Balaban J connectivity index is 2.29. The molecule has 0 aliphatic rings. The summed E-state index contributed by atoms with van der Waals surface area (Å²) in [4.78, 5) is 10.8. The molecule has 0 radical (unpaired) electrons. The maximum Gasteiger partial charge on any atom is 0.225 e. The number of nitrogens with two attached hydrogens (primary N) is 1. The predicted molar refractivity (Wildman–Crippen MR) is 63.1 cm³/mol. The summed E-state index contributed by atoms with van der Waals surface area (Å²) < 4.78 is 28.5. The summed E-state index contributed by atoms with van der Waals surface area (Å²) in [7, 11) is 1.62. The predicted octanol–water partition coefficient (Wildman–Crippen LogP) is 0.712. The first-order valence-corrected chi connectivity index (χ1v) is 5.57. The van der Waals surface area contributed by atoms with E-state index in [9.17, 15) is 13.6 Å². The molecule has 1 heterocycles. The van der Waals surface area contributed by atoms with Gasteiger partial charge in [-0.05, 0) is 12.1 Å². The molecule has 2 aromatic rings. The highest BCUT2D eigenvalue weighted by atomic mass is 19.1. The summed E-state index contributed by atoms with van der Waals surface area (Å²) in [6.45, 7) is 0. The molecular formula is C12H12F2N4O. The molecule has 0 saturated heterocycles. The van der Waals surface area contributed by atoms with Crippen molar-refractivity contribution in [2.24, 2.45) is 12.8 Å². The first-order chi connectivity index (χ1) is 8.99. The number of aromatic nitrogens is 3. The number of halogens is 2. The average Bonchev–Trinajstić information content (AvgIpc) is 2.66. The van der Waals surface area contributed by atoms with Crippen LogP contribution in [0.1, 0.15) is 17.2 Å². The van der Waals surface area contributed by atoms with Crippen LogP contribution in [0.2, 0.25) is 0 Å². The van der Waals surface area contributed by atoms with Crippen molar-refractivity contribution < 1.29 is 13.6 Å². The van der Waals surface area contributed by atoms with Crippen molar-refractivity contribution in [1.29, 1.82) is 0 Å². The maximum absolute atomic E-state index is 13.5. The number of primary amides is 1. The second-order valence-corrected chi connectivity index (χ2v) is 4.11. The maximum atomic E-state index is 13.5. The van der Waals surface area contributed by atoms with E-state index in [-0.39, 0.29) is 18.4 Å². The summed E-state index contributed by atoms with van der Waals surface area (Å²) in [5.41, 5.74) is 4.98. The van der Waals surface area contributed by atoms with Gasteiger partial charge in [0.05, 0.1) is 6.42 Å². The lowest BCUT2D eigenvalue weighted by Crippen LogP contribution is -2.17. The lowest BCUT2D eigenvalue weighted by Gasteiger charge is -2.05. The summed E-state index contributed by atoms with van der Waals surface area (Å²) in [5, 5.41) is 7.60. The van der Waals surface area contributed by atoms with Crippen molar-refractivity contribution in [3.63, 3.8) is 0 Å². The van der Waals surface area contributed by atoms with Gasteiger partial charge >= 0.3 is 0 Å². The van der Waals surface area contributed by atoms with E-state index in [4.69, 9.17) is 5.73 Å². The van der Waals surface area contributed by atoms with Crippen molar-refractivity contribution in [2.45, 2.75) is 12.8 Å². The van der Waals surface area contributed by atoms with Crippen LogP contribution in [0.25, 0.3) is 0 Å². The van der Waals surface area contributed by atoms with E-state index in [1.54, 1.807) is 7.05 Å². The molecule has 100 valence electrons. The molecule has 2 rings (SSSR count). The van der Waals surface area contributed by atoms with Gasteiger partial charge in [-0.3, -0.25) is 4.79 Å². The summed E-state index contributed by atoms with van der Waals surface area (Å²) in [6.07, 6.45) is -0.107. The van der Waals surface area contributed by atoms with E-state index in [1.165, 1.54) is 22.8 Å². The molecule has 1 aromatic carbocycles. The summed E-state index contributed by atoms with van der Waals surface area (Å²) >= 11 is 0. The number of hydrogen-bond donors (Lipinski definition) is 1. The van der Waals surface area contributed by atoms with Gasteiger partial charge in [0.25, 0.3) is 0 Å². The van der Waals surface area contributed by atoms with Crippen LogP contribution >= 0.6 is 0 Å². The number of amides is 1. The van der Waals surface area contributed by atoms with Crippen LogP contribution in [0.3, 0.4) is 0 Å². The van der Waals surface area contributed by atoms with Crippen molar-refractivity contribution in [1.82, 2.24) is 14.8 Å². The molecule has 7 heteroatoms. The monoisotopic (exact) mass is 266 g/mol. The van der Waals surface area contributed by atoms with E-state index in [0.29, 0.717) is 11.6 Å². The Kier molecular flexibility index (Phi) is 3.55. The fourth-order valence-electron chi connectivity index (χ4n) is 1.72. The summed E-state index contributed by atoms with van der Waals surface area (Å²) in [6, 6.07) is 3.65. The zero-order valence-corrected chi connectivity index (χ0v) is 10.2. The standard InChI is InChI=1S/C12H12F2N4O/c1-18-11(16-17-12(18)6-10(15)19)5-7-8(13)3-2-4-9(7)14/h2-4H,5-6H2,1H3,(H2,15,19). The normalized spacial score (nSPS) is 10.7. The minimum atomic E-state index is -0.639. The summed E-state index contributed by atoms with van der Waals surface area (Å²) in [5.74, 6) is -1.10. The van der Waals surface area contributed by atoms with Gasteiger partial charge in [0.2, 0.25) is 5.91 Å². The first-order valence-electron chi connectivity index (χ1n) is 5.57. The number of carbonyl (C=O) groups is 1. The number of hydrogen-bond acceptors (Lipinski definition) is 3. The number of nitrogens with zero attached hydrogens (tertiary/aromatic N) is 3. The fourth-order valence-corrected chi connectivity index (χ4v) is 1.72. The molecule has 1 aromatic heterocycles. The second kappa shape index (κ2) is 5.13. The molecule has 5 nitrogen and oxygen atoms in total. The molecular weight excluding hydrogens is 254 g/mol. The highest BCUT2D eigenvalue weighted by Gasteiger charge is 2.15. The smallest absolute Gasteiger partial charge is 0.225 e. The zero-order chi connectivity index (χ0) is 14.0. The van der Waals surface area contributed by atoms with Crippen LogP contribution in [0.15, 0.2) is 18.2 Å². The van der Waals surface area contributed by atoms with Crippen LogP contribution in [0.5, 0.6) is 0 Å². The van der Waals surface area contributed by atoms with Gasteiger partial charge in [-0.25, -0.2) is 8.78 Å². The Labute approximate surface area is 108 Å². The molecule has 2 N–H and O–H groups in total. The molecule has 0 aliphatic heterocycles. The molecule has 0 saturated carbocycles. The van der Waals surface area contributed by atoms with Crippen LogP contribution in [-0.2, 0) is 24.7 Å². The van der Waals surface area contributed by atoms with E-state index in [2.05, 4.69) is 10.2 Å². The Morgan fingerprint density at radius 1 is 1.26 bits per heavy atom. The van der Waals surface area contributed by atoms with Gasteiger partial charge in [0.15, 0.2) is 0 Å². The van der Waals surface area contributed by atoms with Crippen LogP contribution in [0.4, 0.5) is 8.78 Å². The molecule has 0 aliphatic carbocycles. The third-order valence-corrected chi connectivity index (χ3v) is 2.78. The molecule has 0 spiro atoms. The third kappa shape index (κ3) is 2.75. The van der Waals surface area contributed by atoms with Gasteiger partial charge in [-0.1, -0.05) is 6.07 Å². The molecule has 1 amide bonds. The molecule has 0 fully saturated rings. The van der Waals surface area contributed by atoms with Crippen molar-refractivity contribution in [2.75, 3.05) is 0 Å². The first kappa shape index (κ1) is 13.1. The Hall–Kier alpha value is -2.31.